The highest BCUT2D eigenvalue weighted by Gasteiger charge is 2.28. The van der Waals surface area contributed by atoms with Gasteiger partial charge in [-0.15, -0.1) is 0 Å². The normalized spacial score (nSPS) is 22.8. The molecule has 0 aliphatic carbocycles. The molecule has 56 valence electrons. The van der Waals surface area contributed by atoms with Crippen LogP contribution in [0.1, 0.15) is 0 Å². The molecule has 10 heavy (non-hydrogen) atoms. The number of halogens is 2. The van der Waals surface area contributed by atoms with Gasteiger partial charge >= 0.3 is 0 Å². The molecule has 1 rings (SSSR count). The maximum atomic E-state index is 8.90. The van der Waals surface area contributed by atoms with Crippen molar-refractivity contribution in [2.24, 2.45) is 0 Å². The van der Waals surface area contributed by atoms with E-state index in [1.54, 1.807) is 0 Å². The van der Waals surface area contributed by atoms with Crippen LogP contribution in [0.15, 0.2) is 22.3 Å². The summed E-state index contributed by atoms with van der Waals surface area (Å²) in [4.78, 5) is 0. The SMILES string of the molecule is OC1(O)NC=C(Cl)C=C1Cl. The highest BCUT2D eigenvalue weighted by atomic mass is 35.5. The first-order valence-corrected chi connectivity index (χ1v) is 3.24. The van der Waals surface area contributed by atoms with Gasteiger partial charge in [0.1, 0.15) is 5.03 Å². The van der Waals surface area contributed by atoms with Gasteiger partial charge in [-0.2, -0.15) is 0 Å². The van der Waals surface area contributed by atoms with E-state index in [2.05, 4.69) is 5.32 Å². The molecule has 5 heteroatoms. The van der Waals surface area contributed by atoms with Crippen molar-refractivity contribution in [1.29, 1.82) is 0 Å². The third-order valence-corrected chi connectivity index (χ3v) is 1.60. The quantitative estimate of drug-likeness (QED) is 0.476. The molecule has 0 saturated heterocycles. The third-order valence-electron chi connectivity index (χ3n) is 1.01. The van der Waals surface area contributed by atoms with Gasteiger partial charge in [0.2, 0.25) is 0 Å². The van der Waals surface area contributed by atoms with Crippen LogP contribution in [0, 0.1) is 0 Å². The molecule has 1 heterocycles. The van der Waals surface area contributed by atoms with Gasteiger partial charge in [-0.05, 0) is 6.08 Å². The summed E-state index contributed by atoms with van der Waals surface area (Å²) in [5.41, 5.74) is 0. The van der Waals surface area contributed by atoms with Gasteiger partial charge in [0.05, 0.1) is 5.03 Å². The lowest BCUT2D eigenvalue weighted by atomic mass is 10.3. The summed E-state index contributed by atoms with van der Waals surface area (Å²) < 4.78 is 0. The second-order valence-corrected chi connectivity index (χ2v) is 2.68. The van der Waals surface area contributed by atoms with Crippen molar-refractivity contribution < 1.29 is 10.2 Å². The molecule has 0 atom stereocenters. The van der Waals surface area contributed by atoms with Crippen molar-refractivity contribution in [1.82, 2.24) is 5.32 Å². The highest BCUT2D eigenvalue weighted by molar-refractivity contribution is 6.35. The van der Waals surface area contributed by atoms with Gasteiger partial charge in [0.25, 0.3) is 5.91 Å². The summed E-state index contributed by atoms with van der Waals surface area (Å²) in [6, 6.07) is 0. The second kappa shape index (κ2) is 2.43. The molecule has 0 aromatic rings. The Hall–Kier alpha value is -0.220. The van der Waals surface area contributed by atoms with Crippen molar-refractivity contribution in [2.75, 3.05) is 0 Å². The number of allylic oxidation sites excluding steroid dienone is 2. The number of dihydropyridines is 1. The largest absolute Gasteiger partial charge is 0.344 e. The monoisotopic (exact) mass is 181 g/mol. The van der Waals surface area contributed by atoms with Crippen LogP contribution in [0.25, 0.3) is 0 Å². The van der Waals surface area contributed by atoms with E-state index in [4.69, 9.17) is 33.4 Å². The van der Waals surface area contributed by atoms with Crippen molar-refractivity contribution in [2.45, 2.75) is 5.91 Å². The number of hydrogen-bond donors (Lipinski definition) is 3. The molecule has 0 unspecified atom stereocenters. The van der Waals surface area contributed by atoms with Crippen LogP contribution in [-0.4, -0.2) is 16.1 Å². The zero-order valence-electron chi connectivity index (χ0n) is 4.81. The topological polar surface area (TPSA) is 52.5 Å². The zero-order chi connectivity index (χ0) is 7.78. The molecular weight excluding hydrogens is 177 g/mol. The fraction of sp³-hybridized carbons (Fsp3) is 0.200. The van der Waals surface area contributed by atoms with E-state index in [0.717, 1.165) is 0 Å². The average molecular weight is 182 g/mol. The van der Waals surface area contributed by atoms with Crippen LogP contribution in [0.5, 0.6) is 0 Å². The minimum Gasteiger partial charge on any atom is -0.344 e. The molecule has 0 bridgehead atoms. The number of aliphatic hydroxyl groups is 2. The van der Waals surface area contributed by atoms with E-state index in [9.17, 15) is 0 Å². The average Bonchev–Trinajstić information content (AvgIpc) is 1.81. The smallest absolute Gasteiger partial charge is 0.283 e. The minimum atomic E-state index is -2.17. The van der Waals surface area contributed by atoms with Crippen LogP contribution in [0.2, 0.25) is 0 Å². The lowest BCUT2D eigenvalue weighted by molar-refractivity contribution is -0.139. The molecule has 0 aromatic carbocycles. The van der Waals surface area contributed by atoms with Crippen LogP contribution in [-0.2, 0) is 0 Å². The Kier molecular flexibility index (Phi) is 1.92. The number of nitrogens with one attached hydrogen (secondary N) is 1. The fourth-order valence-electron chi connectivity index (χ4n) is 0.502. The molecular formula is C5H5Cl2NO2. The number of hydrogen-bond acceptors (Lipinski definition) is 3. The molecule has 3 N–H and O–H groups in total. The Morgan fingerprint density at radius 1 is 1.40 bits per heavy atom. The molecule has 1 aliphatic rings. The minimum absolute atomic E-state index is 0.153. The summed E-state index contributed by atoms with van der Waals surface area (Å²) in [6.45, 7) is 0. The van der Waals surface area contributed by atoms with Crippen molar-refractivity contribution in [3.05, 3.63) is 22.3 Å². The van der Waals surface area contributed by atoms with E-state index in [1.807, 2.05) is 0 Å². The van der Waals surface area contributed by atoms with E-state index >= 15 is 0 Å². The molecule has 0 aromatic heterocycles. The summed E-state index contributed by atoms with van der Waals surface area (Å²) in [6.07, 6.45) is 2.49. The Labute approximate surface area is 67.6 Å². The van der Waals surface area contributed by atoms with E-state index in [1.165, 1.54) is 12.3 Å². The zero-order valence-corrected chi connectivity index (χ0v) is 6.32. The predicted molar refractivity (Wildman–Crippen MR) is 38.2 cm³/mol. The Morgan fingerprint density at radius 2 is 2.00 bits per heavy atom. The Balaban J connectivity index is 2.88. The van der Waals surface area contributed by atoms with Gasteiger partial charge in [-0.3, -0.25) is 0 Å². The van der Waals surface area contributed by atoms with Crippen LogP contribution >= 0.6 is 23.2 Å². The standard InChI is InChI=1S/C5H5Cl2NO2/c6-3-1-4(7)5(9,10)8-2-3/h1-2,8-10H. The third kappa shape index (κ3) is 1.44. The predicted octanol–water partition coefficient (Wildman–Crippen LogP) is 0.431. The molecule has 0 spiro atoms. The summed E-state index contributed by atoms with van der Waals surface area (Å²) in [5.74, 6) is -2.17. The molecule has 0 amide bonds. The molecule has 3 nitrogen and oxygen atoms in total. The van der Waals surface area contributed by atoms with Crippen LogP contribution in [0.4, 0.5) is 0 Å². The summed E-state index contributed by atoms with van der Waals surface area (Å²) in [7, 11) is 0. The van der Waals surface area contributed by atoms with Gasteiger partial charge in [-0.25, -0.2) is 0 Å². The van der Waals surface area contributed by atoms with Crippen molar-refractivity contribution in [3.8, 4) is 0 Å². The molecule has 0 radical (unpaired) electrons. The highest BCUT2D eigenvalue weighted by Crippen LogP contribution is 2.22. The van der Waals surface area contributed by atoms with Crippen LogP contribution in [0.3, 0.4) is 0 Å². The van der Waals surface area contributed by atoms with E-state index in [0.29, 0.717) is 5.03 Å². The summed E-state index contributed by atoms with van der Waals surface area (Å²) in [5, 5.41) is 20.1. The Morgan fingerprint density at radius 3 is 2.40 bits per heavy atom. The lowest BCUT2D eigenvalue weighted by Gasteiger charge is -2.23. The molecule has 1 aliphatic heterocycles. The Bertz CT molecular complexity index is 210. The lowest BCUT2D eigenvalue weighted by Crippen LogP contribution is -2.43. The van der Waals surface area contributed by atoms with Crippen molar-refractivity contribution in [3.63, 3.8) is 0 Å². The maximum absolute atomic E-state index is 8.90. The van der Waals surface area contributed by atoms with Gasteiger partial charge in [0.15, 0.2) is 0 Å². The molecule has 0 fully saturated rings. The molecule has 0 saturated carbocycles. The first-order chi connectivity index (χ1) is 4.52. The van der Waals surface area contributed by atoms with Gasteiger partial charge in [0, 0.05) is 6.20 Å². The van der Waals surface area contributed by atoms with E-state index < -0.39 is 5.91 Å². The van der Waals surface area contributed by atoms with Gasteiger partial charge < -0.3 is 15.5 Å². The number of rotatable bonds is 0. The van der Waals surface area contributed by atoms with Crippen LogP contribution < -0.4 is 5.32 Å². The van der Waals surface area contributed by atoms with Gasteiger partial charge in [-0.1, -0.05) is 23.2 Å². The first kappa shape index (κ1) is 7.88. The maximum Gasteiger partial charge on any atom is 0.283 e. The fourth-order valence-corrected chi connectivity index (χ4v) is 0.893. The second-order valence-electron chi connectivity index (χ2n) is 1.84. The summed E-state index contributed by atoms with van der Waals surface area (Å²) >= 11 is 10.8. The first-order valence-electron chi connectivity index (χ1n) is 2.48. The van der Waals surface area contributed by atoms with E-state index in [-0.39, 0.29) is 5.03 Å². The van der Waals surface area contributed by atoms with Crippen molar-refractivity contribution >= 4 is 23.2 Å².